The van der Waals surface area contributed by atoms with E-state index in [0.717, 1.165) is 0 Å². The van der Waals surface area contributed by atoms with Crippen LogP contribution < -0.4 is 0 Å². The van der Waals surface area contributed by atoms with Crippen molar-refractivity contribution < 1.29 is 17.9 Å². The minimum Gasteiger partial charge on any atom is -0.466 e. The average Bonchev–Trinajstić information content (AvgIpc) is 3.11. The molecule has 0 N–H and O–H groups in total. The summed E-state index contributed by atoms with van der Waals surface area (Å²) in [5.41, 5.74) is 3.51. The molecule has 172 valence electrons. The Morgan fingerprint density at radius 2 is 1.68 bits per heavy atom. The van der Waals surface area contributed by atoms with Crippen LogP contribution in [0.15, 0.2) is 83.9 Å². The summed E-state index contributed by atoms with van der Waals surface area (Å²) in [6.07, 6.45) is 1.63. The number of hydrogen-bond acceptors (Lipinski definition) is 5. The Morgan fingerprint density at radius 1 is 1.03 bits per heavy atom. The highest BCUT2D eigenvalue weighted by molar-refractivity contribution is 7.91. The molecule has 0 aliphatic rings. The fourth-order valence-electron chi connectivity index (χ4n) is 4.30. The smallest absolute Gasteiger partial charge is 0.310 e. The number of benzene rings is 2. The van der Waals surface area contributed by atoms with Gasteiger partial charge in [0.2, 0.25) is 0 Å². The number of nitriles is 1. The molecular formula is C27H24N2O4S. The molecule has 0 bridgehead atoms. The van der Waals surface area contributed by atoms with E-state index in [1.807, 2.05) is 13.0 Å². The number of carbonyl (C=O) groups is 1. The van der Waals surface area contributed by atoms with E-state index in [0.29, 0.717) is 33.5 Å². The van der Waals surface area contributed by atoms with Gasteiger partial charge in [0.05, 0.1) is 23.5 Å². The van der Waals surface area contributed by atoms with Crippen LogP contribution in [0.4, 0.5) is 0 Å². The van der Waals surface area contributed by atoms with E-state index in [1.165, 1.54) is 0 Å². The van der Waals surface area contributed by atoms with Crippen molar-refractivity contribution in [2.45, 2.75) is 30.4 Å². The van der Waals surface area contributed by atoms with Crippen molar-refractivity contribution >= 4 is 21.3 Å². The van der Waals surface area contributed by atoms with Crippen LogP contribution in [0, 0.1) is 18.3 Å². The summed E-state index contributed by atoms with van der Waals surface area (Å²) in [5, 5.41) is 8.47. The lowest BCUT2D eigenvalue weighted by atomic mass is 10.0. The van der Waals surface area contributed by atoms with Crippen molar-refractivity contribution in [3.05, 3.63) is 107 Å². The summed E-state index contributed by atoms with van der Waals surface area (Å²) in [7, 11) is -3.89. The summed E-state index contributed by atoms with van der Waals surface area (Å²) in [6.45, 7) is 3.81. The summed E-state index contributed by atoms with van der Waals surface area (Å²) in [6, 6.07) is 22.8. The first-order valence-electron chi connectivity index (χ1n) is 10.9. The van der Waals surface area contributed by atoms with Crippen molar-refractivity contribution in [3.63, 3.8) is 0 Å². The number of sulfone groups is 1. The molecule has 0 amide bonds. The Balaban J connectivity index is 2.05. The molecule has 2 aromatic carbocycles. The van der Waals surface area contributed by atoms with Gasteiger partial charge in [0.1, 0.15) is 11.3 Å². The van der Waals surface area contributed by atoms with Crippen molar-refractivity contribution in [2.24, 2.45) is 0 Å². The summed E-state index contributed by atoms with van der Waals surface area (Å²) in [5.74, 6) is -0.392. The Bertz CT molecular complexity index is 1480. The van der Waals surface area contributed by atoms with Gasteiger partial charge in [0.25, 0.3) is 0 Å². The molecule has 0 spiro atoms. The van der Waals surface area contributed by atoms with Gasteiger partial charge in [-0.2, -0.15) is 5.26 Å². The number of fused-ring (bicyclic) bond motifs is 1. The zero-order valence-electron chi connectivity index (χ0n) is 18.9. The highest BCUT2D eigenvalue weighted by Crippen LogP contribution is 2.40. The Labute approximate surface area is 199 Å². The van der Waals surface area contributed by atoms with E-state index in [-0.39, 0.29) is 17.9 Å². The third-order valence-corrected chi connectivity index (χ3v) is 7.89. The Morgan fingerprint density at radius 3 is 2.29 bits per heavy atom. The summed E-state index contributed by atoms with van der Waals surface area (Å²) >= 11 is 0. The zero-order chi connectivity index (χ0) is 24.3. The number of ether oxygens (including phenoxy) is 1. The maximum absolute atomic E-state index is 14.0. The monoisotopic (exact) mass is 472 g/mol. The maximum Gasteiger partial charge on any atom is 0.310 e. The van der Waals surface area contributed by atoms with E-state index < -0.39 is 21.1 Å². The van der Waals surface area contributed by atoms with Crippen LogP contribution in [0.5, 0.6) is 0 Å². The molecule has 2 aromatic heterocycles. The standard InChI is InChI=1S/C27H24N2O4S/c1-3-33-25(30)16-23-19(2)26(29-18-20(17-28)14-15-24(23)29)27(21-10-6-4-7-11-21)34(31,32)22-12-8-5-9-13-22/h4-15,18,27H,3,16H2,1-2H3. The van der Waals surface area contributed by atoms with E-state index in [4.69, 9.17) is 4.74 Å². The number of aromatic nitrogens is 1. The predicted octanol–water partition coefficient (Wildman–Crippen LogP) is 4.79. The number of esters is 1. The fraction of sp³-hybridized carbons (Fsp3) is 0.185. The number of pyridine rings is 1. The minimum absolute atomic E-state index is 0.00195. The number of nitrogens with zero attached hydrogens (tertiary/aromatic N) is 2. The van der Waals surface area contributed by atoms with Gasteiger partial charge in [-0.25, -0.2) is 8.42 Å². The van der Waals surface area contributed by atoms with Gasteiger partial charge < -0.3 is 9.14 Å². The molecule has 6 nitrogen and oxygen atoms in total. The lowest BCUT2D eigenvalue weighted by molar-refractivity contribution is -0.142. The first-order chi connectivity index (χ1) is 16.4. The highest BCUT2D eigenvalue weighted by atomic mass is 32.2. The van der Waals surface area contributed by atoms with Crippen LogP contribution in [-0.4, -0.2) is 25.4 Å². The van der Waals surface area contributed by atoms with Crippen LogP contribution in [0.2, 0.25) is 0 Å². The third-order valence-electron chi connectivity index (χ3n) is 5.84. The molecule has 1 atom stereocenters. The number of carbonyl (C=O) groups excluding carboxylic acids is 1. The third kappa shape index (κ3) is 4.20. The topological polar surface area (TPSA) is 88.6 Å². The molecule has 0 fully saturated rings. The Hall–Kier alpha value is -3.89. The normalized spacial score (nSPS) is 12.3. The van der Waals surface area contributed by atoms with E-state index in [1.54, 1.807) is 84.3 Å². The molecule has 7 heteroatoms. The zero-order valence-corrected chi connectivity index (χ0v) is 19.7. The van der Waals surface area contributed by atoms with E-state index >= 15 is 0 Å². The van der Waals surface area contributed by atoms with Crippen LogP contribution in [0.3, 0.4) is 0 Å². The van der Waals surface area contributed by atoms with Crippen LogP contribution in [-0.2, 0) is 25.8 Å². The maximum atomic E-state index is 14.0. The first kappa shape index (κ1) is 23.3. The van der Waals surface area contributed by atoms with Gasteiger partial charge in [-0.05, 0) is 54.8 Å². The second-order valence-electron chi connectivity index (χ2n) is 7.90. The largest absolute Gasteiger partial charge is 0.466 e. The molecule has 0 radical (unpaired) electrons. The van der Waals surface area contributed by atoms with Crippen molar-refractivity contribution in [3.8, 4) is 6.07 Å². The van der Waals surface area contributed by atoms with Crippen molar-refractivity contribution in [1.82, 2.24) is 4.40 Å². The predicted molar refractivity (Wildman–Crippen MR) is 129 cm³/mol. The summed E-state index contributed by atoms with van der Waals surface area (Å²) in [4.78, 5) is 12.6. The molecule has 0 aliphatic carbocycles. The van der Waals surface area contributed by atoms with E-state index in [9.17, 15) is 18.5 Å². The van der Waals surface area contributed by atoms with Crippen molar-refractivity contribution in [2.75, 3.05) is 6.61 Å². The molecule has 0 saturated carbocycles. The molecule has 1 unspecified atom stereocenters. The first-order valence-corrected chi connectivity index (χ1v) is 12.5. The van der Waals surface area contributed by atoms with Crippen LogP contribution >= 0.6 is 0 Å². The molecule has 34 heavy (non-hydrogen) atoms. The van der Waals surface area contributed by atoms with Gasteiger partial charge in [-0.3, -0.25) is 4.79 Å². The second-order valence-corrected chi connectivity index (χ2v) is 9.94. The average molecular weight is 473 g/mol. The number of rotatable bonds is 7. The highest BCUT2D eigenvalue weighted by Gasteiger charge is 2.35. The Kier molecular flexibility index (Phi) is 6.53. The van der Waals surface area contributed by atoms with Crippen LogP contribution in [0.1, 0.15) is 40.1 Å². The SMILES string of the molecule is CCOC(=O)Cc1c(C)c(C(c2ccccc2)S(=O)(=O)c2ccccc2)n2cc(C#N)ccc12. The van der Waals surface area contributed by atoms with Gasteiger partial charge in [-0.15, -0.1) is 0 Å². The molecule has 4 rings (SSSR count). The van der Waals surface area contributed by atoms with Gasteiger partial charge in [0.15, 0.2) is 9.84 Å². The van der Waals surface area contributed by atoms with Gasteiger partial charge in [-0.1, -0.05) is 48.5 Å². The minimum atomic E-state index is -3.89. The lowest BCUT2D eigenvalue weighted by Crippen LogP contribution is -2.18. The van der Waals surface area contributed by atoms with Crippen molar-refractivity contribution in [1.29, 1.82) is 5.26 Å². The molecule has 4 aromatic rings. The molecule has 0 saturated heterocycles. The van der Waals surface area contributed by atoms with Gasteiger partial charge in [0, 0.05) is 17.4 Å². The van der Waals surface area contributed by atoms with Crippen LogP contribution in [0.25, 0.3) is 5.52 Å². The lowest BCUT2D eigenvalue weighted by Gasteiger charge is -2.20. The summed E-state index contributed by atoms with van der Waals surface area (Å²) < 4.78 is 35.0. The molecule has 0 aliphatic heterocycles. The molecule has 2 heterocycles. The second kappa shape index (κ2) is 9.54. The van der Waals surface area contributed by atoms with E-state index in [2.05, 4.69) is 6.07 Å². The molecular weight excluding hydrogens is 448 g/mol. The number of hydrogen-bond donors (Lipinski definition) is 0. The quantitative estimate of drug-likeness (QED) is 0.361. The van der Waals surface area contributed by atoms with Gasteiger partial charge >= 0.3 is 5.97 Å². The fourth-order valence-corrected chi connectivity index (χ4v) is 6.21.